The Labute approximate surface area is 169 Å². The smallest absolute Gasteiger partial charge is 0.247 e. The number of rotatable bonds is 8. The number of carbonyl (C=O) groups is 3. The Morgan fingerprint density at radius 1 is 1.11 bits per heavy atom. The van der Waals surface area contributed by atoms with Crippen LogP contribution in [-0.4, -0.2) is 41.8 Å². The third-order valence-corrected chi connectivity index (χ3v) is 4.88. The number of amides is 3. The van der Waals surface area contributed by atoms with Gasteiger partial charge in [-0.1, -0.05) is 29.6 Å². The lowest BCUT2D eigenvalue weighted by molar-refractivity contribution is -0.136. The molecule has 3 amide bonds. The van der Waals surface area contributed by atoms with E-state index in [1.54, 1.807) is 23.1 Å². The molecule has 1 aromatic carbocycles. The first-order valence-corrected chi connectivity index (χ1v) is 9.93. The molecule has 2 N–H and O–H groups in total. The number of halogens is 2. The molecule has 0 aromatic heterocycles. The Hall–Kier alpha value is -1.79. The molecule has 1 heterocycles. The first-order chi connectivity index (χ1) is 12.9. The highest BCUT2D eigenvalue weighted by molar-refractivity contribution is 6.35. The summed E-state index contributed by atoms with van der Waals surface area (Å²) in [6.45, 7) is 2.71. The maximum atomic E-state index is 12.6. The molecule has 2 rings (SSSR count). The van der Waals surface area contributed by atoms with Gasteiger partial charge in [0.05, 0.1) is 0 Å². The van der Waals surface area contributed by atoms with Crippen molar-refractivity contribution in [1.29, 1.82) is 0 Å². The molecule has 0 bridgehead atoms. The van der Waals surface area contributed by atoms with Crippen molar-refractivity contribution in [3.05, 3.63) is 28.2 Å². The molecular weight excluding hydrogens is 389 g/mol. The van der Waals surface area contributed by atoms with Crippen molar-refractivity contribution in [2.45, 2.75) is 51.5 Å². The molecule has 1 unspecified atom stereocenters. The van der Waals surface area contributed by atoms with Crippen LogP contribution in [0.2, 0.25) is 10.0 Å². The maximum absolute atomic E-state index is 12.6. The Balaban J connectivity index is 1.81. The Morgan fingerprint density at radius 2 is 1.81 bits per heavy atom. The summed E-state index contributed by atoms with van der Waals surface area (Å²) < 4.78 is 0. The van der Waals surface area contributed by atoms with Gasteiger partial charge in [0, 0.05) is 42.2 Å². The molecule has 1 aliphatic heterocycles. The van der Waals surface area contributed by atoms with Crippen LogP contribution in [0.4, 0.5) is 5.69 Å². The van der Waals surface area contributed by atoms with Crippen LogP contribution in [0.3, 0.4) is 0 Å². The summed E-state index contributed by atoms with van der Waals surface area (Å²) in [6.07, 6.45) is 4.31. The minimum absolute atomic E-state index is 0.00342. The molecule has 1 saturated heterocycles. The predicted octanol–water partition coefficient (Wildman–Crippen LogP) is 3.62. The number of hydrogen-bond acceptors (Lipinski definition) is 3. The number of unbranched alkanes of at least 4 members (excludes halogenated alkanes) is 2. The monoisotopic (exact) mass is 413 g/mol. The second kappa shape index (κ2) is 10.5. The van der Waals surface area contributed by atoms with E-state index < -0.39 is 6.04 Å². The average Bonchev–Trinajstić information content (AvgIpc) is 3.06. The molecule has 0 saturated carbocycles. The van der Waals surface area contributed by atoms with Gasteiger partial charge in [-0.2, -0.15) is 0 Å². The summed E-state index contributed by atoms with van der Waals surface area (Å²) in [6, 6.07) is 4.38. The molecule has 0 radical (unpaired) electrons. The minimum Gasteiger partial charge on any atom is -0.356 e. The summed E-state index contributed by atoms with van der Waals surface area (Å²) in [5, 5.41) is 6.42. The van der Waals surface area contributed by atoms with Crippen molar-refractivity contribution in [2.75, 3.05) is 18.4 Å². The largest absolute Gasteiger partial charge is 0.356 e. The predicted molar refractivity (Wildman–Crippen MR) is 107 cm³/mol. The van der Waals surface area contributed by atoms with Gasteiger partial charge in [0.15, 0.2) is 0 Å². The van der Waals surface area contributed by atoms with Crippen molar-refractivity contribution in [1.82, 2.24) is 10.2 Å². The topological polar surface area (TPSA) is 78.5 Å². The van der Waals surface area contributed by atoms with Crippen LogP contribution in [0.25, 0.3) is 0 Å². The molecule has 0 spiro atoms. The van der Waals surface area contributed by atoms with E-state index in [0.717, 1.165) is 25.7 Å². The minimum atomic E-state index is -0.463. The van der Waals surface area contributed by atoms with Gasteiger partial charge in [0.2, 0.25) is 17.7 Å². The van der Waals surface area contributed by atoms with Gasteiger partial charge in [-0.15, -0.1) is 0 Å². The average molecular weight is 414 g/mol. The summed E-state index contributed by atoms with van der Waals surface area (Å²) in [5.74, 6) is -0.265. The van der Waals surface area contributed by atoms with Crippen molar-refractivity contribution in [3.63, 3.8) is 0 Å². The molecule has 6 nitrogen and oxygen atoms in total. The first kappa shape index (κ1) is 21.5. The number of likely N-dealkylation sites (tertiary alicyclic amines) is 1. The number of nitrogens with zero attached hydrogens (tertiary/aromatic N) is 1. The van der Waals surface area contributed by atoms with E-state index in [2.05, 4.69) is 10.6 Å². The lowest BCUT2D eigenvalue weighted by atomic mass is 10.1. The number of benzene rings is 1. The van der Waals surface area contributed by atoms with Gasteiger partial charge >= 0.3 is 0 Å². The highest BCUT2D eigenvalue weighted by Gasteiger charge is 2.33. The molecule has 0 aliphatic carbocycles. The number of anilines is 1. The summed E-state index contributed by atoms with van der Waals surface area (Å²) in [5.41, 5.74) is 0.523. The molecule has 148 valence electrons. The molecule has 8 heteroatoms. The molecular formula is C19H25Cl2N3O3. The quantitative estimate of drug-likeness (QED) is 0.638. The van der Waals surface area contributed by atoms with E-state index >= 15 is 0 Å². The summed E-state index contributed by atoms with van der Waals surface area (Å²) in [7, 11) is 0. The lowest BCUT2D eigenvalue weighted by Gasteiger charge is -2.24. The van der Waals surface area contributed by atoms with Gasteiger partial charge in [0.1, 0.15) is 6.04 Å². The zero-order chi connectivity index (χ0) is 19.8. The fourth-order valence-corrected chi connectivity index (χ4v) is 3.70. The number of nitrogens with one attached hydrogen (secondary N) is 2. The third-order valence-electron chi connectivity index (χ3n) is 4.45. The van der Waals surface area contributed by atoms with Crippen molar-refractivity contribution in [2.24, 2.45) is 0 Å². The van der Waals surface area contributed by atoms with E-state index in [0.29, 0.717) is 41.7 Å². The molecule has 1 fully saturated rings. The van der Waals surface area contributed by atoms with Crippen LogP contribution < -0.4 is 10.6 Å². The lowest BCUT2D eigenvalue weighted by Crippen LogP contribution is -2.43. The summed E-state index contributed by atoms with van der Waals surface area (Å²) in [4.78, 5) is 37.6. The van der Waals surface area contributed by atoms with Crippen LogP contribution in [0, 0.1) is 0 Å². The molecule has 1 aliphatic rings. The van der Waals surface area contributed by atoms with E-state index in [1.807, 2.05) is 0 Å². The highest BCUT2D eigenvalue weighted by atomic mass is 35.5. The Kier molecular flexibility index (Phi) is 8.38. The van der Waals surface area contributed by atoms with Crippen LogP contribution in [0.1, 0.15) is 45.4 Å². The van der Waals surface area contributed by atoms with Gasteiger partial charge in [-0.3, -0.25) is 14.4 Å². The van der Waals surface area contributed by atoms with Gasteiger partial charge < -0.3 is 15.5 Å². The molecule has 27 heavy (non-hydrogen) atoms. The normalized spacial score (nSPS) is 16.3. The first-order valence-electron chi connectivity index (χ1n) is 9.17. The van der Waals surface area contributed by atoms with Crippen molar-refractivity contribution in [3.8, 4) is 0 Å². The van der Waals surface area contributed by atoms with Crippen LogP contribution in [-0.2, 0) is 14.4 Å². The van der Waals surface area contributed by atoms with Crippen molar-refractivity contribution < 1.29 is 14.4 Å². The standard InChI is InChI=1S/C19H25Cl2N3O3/c1-13(25)22-8-4-2-3-7-18(26)24-9-5-6-17(24)19(27)23-16-11-14(20)10-15(21)12-16/h10-12,17H,2-9H2,1H3,(H,22,25)(H,23,27). The zero-order valence-corrected chi connectivity index (χ0v) is 16.9. The van der Waals surface area contributed by atoms with E-state index in [1.165, 1.54) is 6.92 Å². The molecule has 1 aromatic rings. The van der Waals surface area contributed by atoms with Crippen molar-refractivity contribution >= 4 is 46.6 Å². The third kappa shape index (κ3) is 7.03. The van der Waals surface area contributed by atoms with Crippen LogP contribution >= 0.6 is 23.2 Å². The van der Waals surface area contributed by atoms with E-state index in [4.69, 9.17) is 23.2 Å². The second-order valence-corrected chi connectivity index (χ2v) is 7.56. The van der Waals surface area contributed by atoms with Gasteiger partial charge in [-0.25, -0.2) is 0 Å². The fourth-order valence-electron chi connectivity index (χ4n) is 3.18. The van der Waals surface area contributed by atoms with Gasteiger partial charge in [0.25, 0.3) is 0 Å². The Morgan fingerprint density at radius 3 is 2.48 bits per heavy atom. The summed E-state index contributed by atoms with van der Waals surface area (Å²) >= 11 is 11.9. The van der Waals surface area contributed by atoms with Crippen LogP contribution in [0.5, 0.6) is 0 Å². The number of hydrogen-bond donors (Lipinski definition) is 2. The maximum Gasteiger partial charge on any atom is 0.247 e. The SMILES string of the molecule is CC(=O)NCCCCCC(=O)N1CCCC1C(=O)Nc1cc(Cl)cc(Cl)c1. The number of carbonyl (C=O) groups excluding carboxylic acids is 3. The Bertz CT molecular complexity index is 677. The highest BCUT2D eigenvalue weighted by Crippen LogP contribution is 2.25. The van der Waals surface area contributed by atoms with Crippen LogP contribution in [0.15, 0.2) is 18.2 Å². The van der Waals surface area contributed by atoms with Gasteiger partial charge in [-0.05, 0) is 43.9 Å². The zero-order valence-electron chi connectivity index (χ0n) is 15.4. The fraction of sp³-hybridized carbons (Fsp3) is 0.526. The van der Waals surface area contributed by atoms with E-state index in [-0.39, 0.29) is 17.7 Å². The van der Waals surface area contributed by atoms with E-state index in [9.17, 15) is 14.4 Å². The second-order valence-electron chi connectivity index (χ2n) is 6.69. The molecule has 1 atom stereocenters.